The van der Waals surface area contributed by atoms with E-state index in [0.717, 1.165) is 44.8 Å². The molecule has 0 spiro atoms. The Bertz CT molecular complexity index is 3230. The molecule has 0 aliphatic carbocycles. The van der Waals surface area contributed by atoms with Gasteiger partial charge in [0, 0.05) is 57.0 Å². The molecule has 2 nitrogen and oxygen atoms in total. The molecule has 262 valence electrons. The lowest BCUT2D eigenvalue weighted by Gasteiger charge is -2.14. The van der Waals surface area contributed by atoms with Crippen LogP contribution in [0.25, 0.3) is 108 Å². The maximum Gasteiger partial charge on any atom is 0.160 e. The molecule has 0 aliphatic heterocycles. The fourth-order valence-electron chi connectivity index (χ4n) is 7.90. The van der Waals surface area contributed by atoms with Gasteiger partial charge in [0.05, 0.1) is 11.4 Å². The number of thiophene rings is 2. The summed E-state index contributed by atoms with van der Waals surface area (Å²) in [6.45, 7) is 0. The average Bonchev–Trinajstić information content (AvgIpc) is 3.85. The molecular formula is C52H32N2S2. The van der Waals surface area contributed by atoms with E-state index in [0.29, 0.717) is 5.82 Å². The largest absolute Gasteiger partial charge is 0.228 e. The van der Waals surface area contributed by atoms with Crippen molar-refractivity contribution < 1.29 is 0 Å². The highest BCUT2D eigenvalue weighted by molar-refractivity contribution is 7.26. The summed E-state index contributed by atoms with van der Waals surface area (Å²) < 4.78 is 5.12. The molecule has 3 heterocycles. The lowest BCUT2D eigenvalue weighted by Crippen LogP contribution is -1.96. The van der Waals surface area contributed by atoms with Crippen molar-refractivity contribution >= 4 is 63.0 Å². The highest BCUT2D eigenvalue weighted by atomic mass is 32.1. The van der Waals surface area contributed by atoms with Crippen LogP contribution in [-0.2, 0) is 0 Å². The van der Waals surface area contributed by atoms with Gasteiger partial charge in [-0.15, -0.1) is 22.7 Å². The van der Waals surface area contributed by atoms with Gasteiger partial charge in [0.1, 0.15) is 0 Å². The second-order valence-electron chi connectivity index (χ2n) is 14.2. The second kappa shape index (κ2) is 13.5. The molecule has 0 unspecified atom stereocenters. The summed E-state index contributed by atoms with van der Waals surface area (Å²) >= 11 is 3.68. The van der Waals surface area contributed by atoms with Gasteiger partial charge in [-0.1, -0.05) is 146 Å². The van der Waals surface area contributed by atoms with Gasteiger partial charge in [0.2, 0.25) is 0 Å². The Hall–Kier alpha value is -6.72. The lowest BCUT2D eigenvalue weighted by molar-refractivity contribution is 1.19. The first kappa shape index (κ1) is 32.7. The summed E-state index contributed by atoms with van der Waals surface area (Å²) in [6, 6.07) is 69.8. The Labute approximate surface area is 332 Å². The molecule has 0 amide bonds. The van der Waals surface area contributed by atoms with E-state index in [1.807, 2.05) is 28.7 Å². The van der Waals surface area contributed by atoms with Crippen molar-refractivity contribution in [2.45, 2.75) is 0 Å². The molecule has 11 rings (SSSR count). The molecule has 3 aromatic heterocycles. The fraction of sp³-hybridized carbons (Fsp3) is 0. The van der Waals surface area contributed by atoms with Crippen LogP contribution in [0.3, 0.4) is 0 Å². The van der Waals surface area contributed by atoms with E-state index in [9.17, 15) is 0 Å². The van der Waals surface area contributed by atoms with Crippen molar-refractivity contribution in [2.75, 3.05) is 0 Å². The van der Waals surface area contributed by atoms with E-state index in [-0.39, 0.29) is 0 Å². The van der Waals surface area contributed by atoms with Crippen molar-refractivity contribution in [2.24, 2.45) is 0 Å². The molecule has 56 heavy (non-hydrogen) atoms. The SMILES string of the molecule is c1ccc(-c2ccc(-c3cc(-c4ccc5sc6ccccc6c5c4)cc(-c4cc(-c5cccc6c5sc5ccccc56)nc(-c5ccccc5)n4)c3)cc2)cc1. The topological polar surface area (TPSA) is 25.8 Å². The van der Waals surface area contributed by atoms with Gasteiger partial charge in [-0.3, -0.25) is 0 Å². The number of hydrogen-bond donors (Lipinski definition) is 0. The first-order valence-electron chi connectivity index (χ1n) is 18.8. The van der Waals surface area contributed by atoms with Crippen molar-refractivity contribution in [1.82, 2.24) is 9.97 Å². The molecule has 0 saturated heterocycles. The van der Waals surface area contributed by atoms with Crippen LogP contribution < -0.4 is 0 Å². The Kier molecular flexibility index (Phi) is 7.90. The smallest absolute Gasteiger partial charge is 0.160 e. The minimum Gasteiger partial charge on any atom is -0.228 e. The van der Waals surface area contributed by atoms with Gasteiger partial charge < -0.3 is 0 Å². The molecule has 0 aliphatic rings. The zero-order valence-corrected chi connectivity index (χ0v) is 31.8. The highest BCUT2D eigenvalue weighted by Crippen LogP contribution is 2.42. The van der Waals surface area contributed by atoms with Crippen molar-refractivity contribution in [3.63, 3.8) is 0 Å². The van der Waals surface area contributed by atoms with E-state index >= 15 is 0 Å². The second-order valence-corrected chi connectivity index (χ2v) is 16.3. The fourth-order valence-corrected chi connectivity index (χ4v) is 10.2. The van der Waals surface area contributed by atoms with Crippen LogP contribution in [0.5, 0.6) is 0 Å². The number of hydrogen-bond acceptors (Lipinski definition) is 4. The molecule has 0 atom stereocenters. The van der Waals surface area contributed by atoms with Crippen LogP contribution in [0.4, 0.5) is 0 Å². The molecule has 0 N–H and O–H groups in total. The zero-order valence-electron chi connectivity index (χ0n) is 30.2. The van der Waals surface area contributed by atoms with E-state index in [2.05, 4.69) is 188 Å². The third kappa shape index (κ3) is 5.79. The van der Waals surface area contributed by atoms with Crippen LogP contribution in [-0.4, -0.2) is 9.97 Å². The normalized spacial score (nSPS) is 11.6. The summed E-state index contributed by atoms with van der Waals surface area (Å²) in [4.78, 5) is 10.6. The summed E-state index contributed by atoms with van der Waals surface area (Å²) in [5, 5.41) is 5.11. The Balaban J connectivity index is 1.13. The Morgan fingerprint density at radius 2 is 0.804 bits per heavy atom. The predicted octanol–water partition coefficient (Wildman–Crippen LogP) is 15.2. The average molecular weight is 749 g/mol. The third-order valence-corrected chi connectivity index (χ3v) is 13.1. The summed E-state index contributed by atoms with van der Waals surface area (Å²) in [5.41, 5.74) is 12.0. The van der Waals surface area contributed by atoms with Crippen LogP contribution in [0, 0.1) is 0 Å². The molecule has 8 aromatic carbocycles. The molecule has 0 saturated carbocycles. The number of aromatic nitrogens is 2. The van der Waals surface area contributed by atoms with Gasteiger partial charge >= 0.3 is 0 Å². The first-order chi connectivity index (χ1) is 27.7. The number of benzene rings is 8. The van der Waals surface area contributed by atoms with Crippen molar-refractivity contribution in [3.8, 4) is 67.3 Å². The highest BCUT2D eigenvalue weighted by Gasteiger charge is 2.17. The summed E-state index contributed by atoms with van der Waals surface area (Å²) in [6.07, 6.45) is 0. The van der Waals surface area contributed by atoms with Gasteiger partial charge in [-0.25, -0.2) is 9.97 Å². The van der Waals surface area contributed by atoms with Crippen LogP contribution in [0.15, 0.2) is 194 Å². The number of nitrogens with zero attached hydrogens (tertiary/aromatic N) is 2. The Morgan fingerprint density at radius 1 is 0.286 bits per heavy atom. The van der Waals surface area contributed by atoms with Crippen LogP contribution in [0.2, 0.25) is 0 Å². The standard InChI is InChI=1S/C52H32N2S2/c1-3-12-33(13-4-1)34-22-24-35(25-23-34)38-28-39(37-26-27-50-45(31-37)42-17-8-9-20-48(42)55-50)30-40(29-38)46-32-47(54-52(53-46)36-14-5-2-6-15-36)44-19-11-18-43-41-16-7-10-21-49(41)56-51(43)44/h1-32H. The molecule has 0 radical (unpaired) electrons. The molecule has 11 aromatic rings. The minimum atomic E-state index is 0.710. The molecular weight excluding hydrogens is 717 g/mol. The summed E-state index contributed by atoms with van der Waals surface area (Å²) in [5.74, 6) is 0.710. The van der Waals surface area contributed by atoms with Crippen LogP contribution in [0.1, 0.15) is 0 Å². The quantitative estimate of drug-likeness (QED) is 0.169. The number of rotatable bonds is 6. The van der Waals surface area contributed by atoms with E-state index in [4.69, 9.17) is 9.97 Å². The van der Waals surface area contributed by atoms with Gasteiger partial charge in [-0.05, 0) is 81.9 Å². The van der Waals surface area contributed by atoms with E-state index < -0.39 is 0 Å². The van der Waals surface area contributed by atoms with Gasteiger partial charge in [-0.2, -0.15) is 0 Å². The minimum absolute atomic E-state index is 0.710. The monoisotopic (exact) mass is 748 g/mol. The molecule has 0 fully saturated rings. The van der Waals surface area contributed by atoms with Crippen molar-refractivity contribution in [1.29, 1.82) is 0 Å². The number of fused-ring (bicyclic) bond motifs is 6. The van der Waals surface area contributed by atoms with E-state index in [1.165, 1.54) is 57.0 Å². The third-order valence-electron chi connectivity index (χ3n) is 10.7. The van der Waals surface area contributed by atoms with Crippen molar-refractivity contribution in [3.05, 3.63) is 194 Å². The first-order valence-corrected chi connectivity index (χ1v) is 20.4. The van der Waals surface area contributed by atoms with E-state index in [1.54, 1.807) is 0 Å². The molecule has 4 heteroatoms. The van der Waals surface area contributed by atoms with Crippen LogP contribution >= 0.6 is 22.7 Å². The molecule has 0 bridgehead atoms. The summed E-state index contributed by atoms with van der Waals surface area (Å²) in [7, 11) is 0. The van der Waals surface area contributed by atoms with Gasteiger partial charge in [0.25, 0.3) is 0 Å². The maximum atomic E-state index is 5.32. The maximum absolute atomic E-state index is 5.32. The van der Waals surface area contributed by atoms with Gasteiger partial charge in [0.15, 0.2) is 5.82 Å². The zero-order chi connectivity index (χ0) is 37.0. The lowest BCUT2D eigenvalue weighted by atomic mass is 9.93. The Morgan fingerprint density at radius 3 is 1.55 bits per heavy atom. The predicted molar refractivity (Wildman–Crippen MR) is 240 cm³/mol.